The van der Waals surface area contributed by atoms with Gasteiger partial charge in [-0.05, 0) is 38.3 Å². The summed E-state index contributed by atoms with van der Waals surface area (Å²) in [7, 11) is 0. The number of likely N-dealkylation sites (tertiary alicyclic amines) is 1. The van der Waals surface area contributed by atoms with E-state index < -0.39 is 0 Å². The Morgan fingerprint density at radius 2 is 2.25 bits per heavy atom. The first-order valence-electron chi connectivity index (χ1n) is 5.16. The minimum Gasteiger partial charge on any atom is -0.327 e. The number of hydrogen-bond acceptors (Lipinski definition) is 2. The quantitative estimate of drug-likeness (QED) is 0.694. The van der Waals surface area contributed by atoms with Crippen LogP contribution in [0.5, 0.6) is 0 Å². The lowest BCUT2D eigenvalue weighted by Crippen LogP contribution is -2.43. The lowest BCUT2D eigenvalue weighted by Gasteiger charge is -2.31. The fourth-order valence-electron chi connectivity index (χ4n) is 1.74. The molecule has 0 saturated carbocycles. The van der Waals surface area contributed by atoms with Crippen molar-refractivity contribution in [2.24, 2.45) is 11.7 Å². The van der Waals surface area contributed by atoms with Crippen LogP contribution in [0.1, 0.15) is 33.1 Å². The van der Waals surface area contributed by atoms with Gasteiger partial charge in [0.05, 0.1) is 0 Å². The molecule has 2 heteroatoms. The van der Waals surface area contributed by atoms with Crippen LogP contribution in [-0.2, 0) is 0 Å². The summed E-state index contributed by atoms with van der Waals surface area (Å²) in [6.07, 6.45) is 3.82. The highest BCUT2D eigenvalue weighted by Gasteiger charge is 2.15. The van der Waals surface area contributed by atoms with Crippen molar-refractivity contribution in [2.75, 3.05) is 19.6 Å². The first-order valence-corrected chi connectivity index (χ1v) is 5.16. The zero-order valence-corrected chi connectivity index (χ0v) is 8.42. The minimum atomic E-state index is 0.436. The zero-order valence-electron chi connectivity index (χ0n) is 8.42. The maximum Gasteiger partial charge on any atom is 0.0168 e. The van der Waals surface area contributed by atoms with Gasteiger partial charge in [0.2, 0.25) is 0 Å². The van der Waals surface area contributed by atoms with Crippen molar-refractivity contribution in [3.63, 3.8) is 0 Å². The van der Waals surface area contributed by atoms with E-state index in [-0.39, 0.29) is 0 Å². The summed E-state index contributed by atoms with van der Waals surface area (Å²) < 4.78 is 0. The molecule has 1 saturated heterocycles. The van der Waals surface area contributed by atoms with Crippen molar-refractivity contribution < 1.29 is 0 Å². The van der Waals surface area contributed by atoms with E-state index >= 15 is 0 Å². The first kappa shape index (κ1) is 10.0. The summed E-state index contributed by atoms with van der Waals surface area (Å²) in [4.78, 5) is 2.51. The third kappa shape index (κ3) is 3.55. The van der Waals surface area contributed by atoms with Crippen molar-refractivity contribution in [3.8, 4) is 0 Å². The second kappa shape index (κ2) is 4.83. The van der Waals surface area contributed by atoms with Crippen molar-refractivity contribution in [3.05, 3.63) is 0 Å². The zero-order chi connectivity index (χ0) is 8.97. The van der Waals surface area contributed by atoms with Crippen LogP contribution in [0.4, 0.5) is 0 Å². The van der Waals surface area contributed by atoms with Gasteiger partial charge in [-0.25, -0.2) is 0 Å². The predicted octanol–water partition coefficient (Wildman–Crippen LogP) is 1.46. The molecule has 1 atom stereocenters. The van der Waals surface area contributed by atoms with Crippen molar-refractivity contribution in [1.29, 1.82) is 0 Å². The molecule has 0 amide bonds. The summed E-state index contributed by atoms with van der Waals surface area (Å²) in [5.74, 6) is 0.822. The summed E-state index contributed by atoms with van der Waals surface area (Å²) in [5.41, 5.74) is 5.89. The van der Waals surface area contributed by atoms with Crippen molar-refractivity contribution in [2.45, 2.75) is 39.2 Å². The van der Waals surface area contributed by atoms with E-state index in [4.69, 9.17) is 5.73 Å². The second-order valence-corrected chi connectivity index (χ2v) is 4.39. The fourth-order valence-corrected chi connectivity index (χ4v) is 1.74. The Balaban J connectivity index is 2.14. The minimum absolute atomic E-state index is 0.436. The fraction of sp³-hybridized carbons (Fsp3) is 1.00. The summed E-state index contributed by atoms with van der Waals surface area (Å²) in [6, 6.07) is 0.436. The Kier molecular flexibility index (Phi) is 4.02. The SMILES string of the molecule is CC(C)CCN1CCCC(N)C1. The molecular weight excluding hydrogens is 148 g/mol. The average molecular weight is 170 g/mol. The molecule has 0 aromatic carbocycles. The highest BCUT2D eigenvalue weighted by Crippen LogP contribution is 2.10. The van der Waals surface area contributed by atoms with E-state index in [0.29, 0.717) is 6.04 Å². The predicted molar refractivity (Wildman–Crippen MR) is 53.1 cm³/mol. The molecule has 0 aromatic heterocycles. The third-order valence-corrected chi connectivity index (χ3v) is 2.56. The van der Waals surface area contributed by atoms with Crippen LogP contribution in [0.15, 0.2) is 0 Å². The van der Waals surface area contributed by atoms with Crippen LogP contribution in [0.2, 0.25) is 0 Å². The average Bonchev–Trinajstić information content (AvgIpc) is 2.01. The van der Waals surface area contributed by atoms with E-state index in [2.05, 4.69) is 18.7 Å². The molecule has 1 rings (SSSR count). The Morgan fingerprint density at radius 1 is 1.50 bits per heavy atom. The Morgan fingerprint density at radius 3 is 2.83 bits per heavy atom. The van der Waals surface area contributed by atoms with Crippen LogP contribution in [0.25, 0.3) is 0 Å². The van der Waals surface area contributed by atoms with E-state index in [0.717, 1.165) is 12.5 Å². The molecule has 72 valence electrons. The van der Waals surface area contributed by atoms with Gasteiger partial charge in [0.1, 0.15) is 0 Å². The second-order valence-electron chi connectivity index (χ2n) is 4.39. The molecule has 0 bridgehead atoms. The van der Waals surface area contributed by atoms with E-state index in [1.54, 1.807) is 0 Å². The Labute approximate surface area is 76.1 Å². The van der Waals surface area contributed by atoms with Gasteiger partial charge in [0.25, 0.3) is 0 Å². The Hall–Kier alpha value is -0.0800. The largest absolute Gasteiger partial charge is 0.327 e. The number of nitrogens with two attached hydrogens (primary N) is 1. The van der Waals surface area contributed by atoms with Crippen molar-refractivity contribution >= 4 is 0 Å². The van der Waals surface area contributed by atoms with E-state index in [1.165, 1.54) is 32.4 Å². The standard InChI is InChI=1S/C10H22N2/c1-9(2)5-7-12-6-3-4-10(11)8-12/h9-10H,3-8,11H2,1-2H3. The number of piperidine rings is 1. The van der Waals surface area contributed by atoms with Crippen LogP contribution in [-0.4, -0.2) is 30.6 Å². The number of hydrogen-bond donors (Lipinski definition) is 1. The van der Waals surface area contributed by atoms with Gasteiger partial charge in [0.15, 0.2) is 0 Å². The maximum absolute atomic E-state index is 5.89. The number of nitrogens with zero attached hydrogens (tertiary/aromatic N) is 1. The van der Waals surface area contributed by atoms with E-state index in [1.807, 2.05) is 0 Å². The summed E-state index contributed by atoms with van der Waals surface area (Å²) in [5, 5.41) is 0. The molecule has 0 radical (unpaired) electrons. The van der Waals surface area contributed by atoms with Gasteiger partial charge < -0.3 is 10.6 Å². The third-order valence-electron chi connectivity index (χ3n) is 2.56. The van der Waals surface area contributed by atoms with Gasteiger partial charge >= 0.3 is 0 Å². The van der Waals surface area contributed by atoms with Crippen LogP contribution in [0.3, 0.4) is 0 Å². The molecule has 1 aliphatic rings. The smallest absolute Gasteiger partial charge is 0.0168 e. The maximum atomic E-state index is 5.89. The molecule has 2 N–H and O–H groups in total. The van der Waals surface area contributed by atoms with Crippen LogP contribution < -0.4 is 5.73 Å². The molecule has 0 aliphatic carbocycles. The van der Waals surface area contributed by atoms with Crippen LogP contribution >= 0.6 is 0 Å². The van der Waals surface area contributed by atoms with Gasteiger partial charge in [-0.2, -0.15) is 0 Å². The van der Waals surface area contributed by atoms with Gasteiger partial charge in [-0.1, -0.05) is 13.8 Å². The topological polar surface area (TPSA) is 29.3 Å². The van der Waals surface area contributed by atoms with Gasteiger partial charge in [-0.3, -0.25) is 0 Å². The van der Waals surface area contributed by atoms with E-state index in [9.17, 15) is 0 Å². The highest BCUT2D eigenvalue weighted by molar-refractivity contribution is 4.74. The molecule has 1 aliphatic heterocycles. The lowest BCUT2D eigenvalue weighted by atomic mass is 10.1. The normalized spacial score (nSPS) is 26.5. The number of rotatable bonds is 3. The molecule has 2 nitrogen and oxygen atoms in total. The van der Waals surface area contributed by atoms with Crippen LogP contribution in [0, 0.1) is 5.92 Å². The van der Waals surface area contributed by atoms with Gasteiger partial charge in [-0.15, -0.1) is 0 Å². The monoisotopic (exact) mass is 170 g/mol. The highest BCUT2D eigenvalue weighted by atomic mass is 15.1. The van der Waals surface area contributed by atoms with Crippen molar-refractivity contribution in [1.82, 2.24) is 4.90 Å². The molecule has 1 fully saturated rings. The molecule has 0 spiro atoms. The lowest BCUT2D eigenvalue weighted by molar-refractivity contribution is 0.199. The van der Waals surface area contributed by atoms with Gasteiger partial charge in [0, 0.05) is 12.6 Å². The molecule has 1 unspecified atom stereocenters. The molecular formula is C10H22N2. The first-order chi connectivity index (χ1) is 5.68. The summed E-state index contributed by atoms with van der Waals surface area (Å²) in [6.45, 7) is 8.19. The molecule has 0 aromatic rings. The molecule has 12 heavy (non-hydrogen) atoms. The molecule has 1 heterocycles. The summed E-state index contributed by atoms with van der Waals surface area (Å²) >= 11 is 0. The Bertz CT molecular complexity index is 123.